The number of fused-ring (bicyclic) bond motifs is 2. The van der Waals surface area contributed by atoms with E-state index in [1.807, 2.05) is 0 Å². The third-order valence-corrected chi connectivity index (χ3v) is 3.87. The van der Waals surface area contributed by atoms with Gasteiger partial charge < -0.3 is 15.3 Å². The van der Waals surface area contributed by atoms with Gasteiger partial charge in [-0.05, 0) is 32.0 Å². The zero-order valence-corrected chi connectivity index (χ0v) is 11.4. The van der Waals surface area contributed by atoms with E-state index in [9.17, 15) is 24.9 Å². The van der Waals surface area contributed by atoms with Gasteiger partial charge in [-0.1, -0.05) is 0 Å². The van der Waals surface area contributed by atoms with Gasteiger partial charge in [-0.25, -0.2) is 0 Å². The molecule has 0 fully saturated rings. The molecule has 3 rings (SSSR count). The summed E-state index contributed by atoms with van der Waals surface area (Å²) in [5.41, 5.74) is 0.496. The van der Waals surface area contributed by atoms with Crippen molar-refractivity contribution in [3.63, 3.8) is 0 Å². The fraction of sp³-hybridized carbons (Fsp3) is 0.125. The van der Waals surface area contributed by atoms with E-state index in [1.165, 1.54) is 32.0 Å². The molecule has 2 aromatic carbocycles. The van der Waals surface area contributed by atoms with Crippen LogP contribution in [0.4, 0.5) is 0 Å². The fourth-order valence-electron chi connectivity index (χ4n) is 2.70. The van der Waals surface area contributed by atoms with Crippen LogP contribution in [0.2, 0.25) is 0 Å². The summed E-state index contributed by atoms with van der Waals surface area (Å²) in [4.78, 5) is 25.1. The summed E-state index contributed by atoms with van der Waals surface area (Å²) in [6, 6.07) is 3.88. The maximum atomic E-state index is 12.6. The van der Waals surface area contributed by atoms with E-state index >= 15 is 0 Å². The highest BCUT2D eigenvalue weighted by atomic mass is 16.3. The molecule has 0 heterocycles. The van der Waals surface area contributed by atoms with Crippen LogP contribution in [-0.2, 0) is 0 Å². The van der Waals surface area contributed by atoms with E-state index in [1.54, 1.807) is 0 Å². The molecule has 1 aliphatic rings. The van der Waals surface area contributed by atoms with Crippen LogP contribution in [0.1, 0.15) is 43.0 Å². The van der Waals surface area contributed by atoms with Crippen LogP contribution in [0, 0.1) is 13.8 Å². The second kappa shape index (κ2) is 4.09. The average molecular weight is 284 g/mol. The van der Waals surface area contributed by atoms with E-state index in [0.717, 1.165) is 0 Å². The van der Waals surface area contributed by atoms with Crippen molar-refractivity contribution in [2.24, 2.45) is 0 Å². The minimum atomic E-state index is -0.501. The Morgan fingerprint density at radius 2 is 1.38 bits per heavy atom. The highest BCUT2D eigenvalue weighted by Gasteiger charge is 2.35. The van der Waals surface area contributed by atoms with Crippen molar-refractivity contribution in [2.45, 2.75) is 13.8 Å². The molecule has 3 N–H and O–H groups in total. The summed E-state index contributed by atoms with van der Waals surface area (Å²) in [5, 5.41) is 29.6. The lowest BCUT2D eigenvalue weighted by Crippen LogP contribution is -2.22. The minimum absolute atomic E-state index is 0.0151. The first-order valence-electron chi connectivity index (χ1n) is 6.32. The molecular formula is C16H12O5. The molecule has 0 aliphatic heterocycles. The normalized spacial score (nSPS) is 13.0. The van der Waals surface area contributed by atoms with Gasteiger partial charge >= 0.3 is 0 Å². The Morgan fingerprint density at radius 1 is 0.762 bits per heavy atom. The summed E-state index contributed by atoms with van der Waals surface area (Å²) in [6.07, 6.45) is 0. The van der Waals surface area contributed by atoms with E-state index in [4.69, 9.17) is 0 Å². The number of benzene rings is 2. The molecule has 1 aliphatic carbocycles. The molecule has 0 aromatic heterocycles. The summed E-state index contributed by atoms with van der Waals surface area (Å²) in [7, 11) is 0. The lowest BCUT2D eigenvalue weighted by Gasteiger charge is -2.22. The largest absolute Gasteiger partial charge is 0.508 e. The van der Waals surface area contributed by atoms with Crippen molar-refractivity contribution < 1.29 is 24.9 Å². The highest BCUT2D eigenvalue weighted by molar-refractivity contribution is 6.30. The summed E-state index contributed by atoms with van der Waals surface area (Å²) < 4.78 is 0. The number of hydrogen-bond donors (Lipinski definition) is 3. The topological polar surface area (TPSA) is 94.8 Å². The molecule has 0 saturated carbocycles. The number of phenolic OH excluding ortho intramolecular Hbond substituents is 3. The number of carbonyl (C=O) groups excluding carboxylic acids is 2. The zero-order valence-electron chi connectivity index (χ0n) is 11.4. The number of carbonyl (C=O) groups is 2. The lowest BCUT2D eigenvalue weighted by molar-refractivity contribution is 0.0975. The molecule has 0 amide bonds. The Kier molecular flexibility index (Phi) is 2.56. The SMILES string of the molecule is Cc1c(O)c(C)c2c(c1O)C(=O)c1ccc(O)cc1C2=O. The summed E-state index contributed by atoms with van der Waals surface area (Å²) in [6.45, 7) is 2.99. The molecule has 21 heavy (non-hydrogen) atoms. The fourth-order valence-corrected chi connectivity index (χ4v) is 2.70. The Morgan fingerprint density at radius 3 is 2.05 bits per heavy atom. The highest BCUT2D eigenvalue weighted by Crippen LogP contribution is 2.42. The van der Waals surface area contributed by atoms with Crippen molar-refractivity contribution in [1.82, 2.24) is 0 Å². The Balaban J connectivity index is 2.44. The van der Waals surface area contributed by atoms with Crippen molar-refractivity contribution in [1.29, 1.82) is 0 Å². The van der Waals surface area contributed by atoms with Crippen LogP contribution in [0.15, 0.2) is 18.2 Å². The molecule has 0 atom stereocenters. The van der Waals surface area contributed by atoms with Crippen molar-refractivity contribution >= 4 is 11.6 Å². The van der Waals surface area contributed by atoms with Gasteiger partial charge in [0.05, 0.1) is 5.56 Å². The van der Waals surface area contributed by atoms with Crippen LogP contribution >= 0.6 is 0 Å². The molecular weight excluding hydrogens is 272 g/mol. The zero-order chi connectivity index (χ0) is 15.5. The van der Waals surface area contributed by atoms with Gasteiger partial charge in [0.1, 0.15) is 17.2 Å². The van der Waals surface area contributed by atoms with Gasteiger partial charge in [-0.2, -0.15) is 0 Å². The predicted molar refractivity (Wildman–Crippen MR) is 74.2 cm³/mol. The summed E-state index contributed by atoms with van der Waals surface area (Å²) >= 11 is 0. The van der Waals surface area contributed by atoms with E-state index in [2.05, 4.69) is 0 Å². The van der Waals surface area contributed by atoms with Crippen molar-refractivity contribution in [3.8, 4) is 17.2 Å². The molecule has 106 valence electrons. The number of aromatic hydroxyl groups is 3. The van der Waals surface area contributed by atoms with Crippen LogP contribution < -0.4 is 0 Å². The first kappa shape index (κ1) is 13.2. The summed E-state index contributed by atoms with van der Waals surface area (Å²) in [5.74, 6) is -1.72. The minimum Gasteiger partial charge on any atom is -0.508 e. The quantitative estimate of drug-likeness (QED) is 0.588. The van der Waals surface area contributed by atoms with Gasteiger partial charge in [0.2, 0.25) is 0 Å². The Bertz CT molecular complexity index is 833. The predicted octanol–water partition coefficient (Wildman–Crippen LogP) is 2.20. The molecule has 0 spiro atoms. The van der Waals surface area contributed by atoms with E-state index in [-0.39, 0.29) is 50.6 Å². The number of ketones is 2. The van der Waals surface area contributed by atoms with Gasteiger partial charge in [-0.3, -0.25) is 9.59 Å². The van der Waals surface area contributed by atoms with Gasteiger partial charge in [0, 0.05) is 27.8 Å². The van der Waals surface area contributed by atoms with Gasteiger partial charge in [0.15, 0.2) is 11.6 Å². The van der Waals surface area contributed by atoms with Crippen LogP contribution in [0.5, 0.6) is 17.2 Å². The van der Waals surface area contributed by atoms with E-state index in [0.29, 0.717) is 0 Å². The van der Waals surface area contributed by atoms with Crippen LogP contribution in [0.3, 0.4) is 0 Å². The molecule has 5 heteroatoms. The molecule has 0 radical (unpaired) electrons. The first-order chi connectivity index (χ1) is 9.84. The first-order valence-corrected chi connectivity index (χ1v) is 6.32. The van der Waals surface area contributed by atoms with Crippen molar-refractivity contribution in [2.75, 3.05) is 0 Å². The average Bonchev–Trinajstić information content (AvgIpc) is 2.46. The molecule has 0 bridgehead atoms. The second-order valence-corrected chi connectivity index (χ2v) is 5.09. The third kappa shape index (κ3) is 1.57. The molecule has 0 saturated heterocycles. The Hall–Kier alpha value is -2.82. The van der Waals surface area contributed by atoms with Crippen molar-refractivity contribution in [3.05, 3.63) is 51.6 Å². The third-order valence-electron chi connectivity index (χ3n) is 3.87. The van der Waals surface area contributed by atoms with Gasteiger partial charge in [-0.15, -0.1) is 0 Å². The smallest absolute Gasteiger partial charge is 0.198 e. The van der Waals surface area contributed by atoms with Gasteiger partial charge in [0.25, 0.3) is 0 Å². The maximum Gasteiger partial charge on any atom is 0.198 e. The molecule has 2 aromatic rings. The molecule has 0 unspecified atom stereocenters. The number of hydrogen-bond acceptors (Lipinski definition) is 5. The second-order valence-electron chi connectivity index (χ2n) is 5.09. The van der Waals surface area contributed by atoms with Crippen LogP contribution in [-0.4, -0.2) is 26.9 Å². The molecule has 5 nitrogen and oxygen atoms in total. The number of rotatable bonds is 0. The Labute approximate surface area is 120 Å². The lowest BCUT2D eigenvalue weighted by atomic mass is 9.80. The monoisotopic (exact) mass is 284 g/mol. The van der Waals surface area contributed by atoms with Crippen LogP contribution in [0.25, 0.3) is 0 Å². The standard InChI is InChI=1S/C16H12O5/c1-6-11-12(14(19)7(2)13(6)18)15(20)9-4-3-8(17)5-10(9)16(11)21/h3-5,17-19H,1-2H3. The van der Waals surface area contributed by atoms with E-state index < -0.39 is 11.6 Å². The maximum absolute atomic E-state index is 12.6. The number of phenols is 3.